The third-order valence-electron chi connectivity index (χ3n) is 2.95. The molecule has 0 saturated carbocycles. The molecule has 0 unspecified atom stereocenters. The summed E-state index contributed by atoms with van der Waals surface area (Å²) in [5, 5.41) is 0. The highest BCUT2D eigenvalue weighted by molar-refractivity contribution is 9.10. The number of rotatable bonds is 0. The Kier molecular flexibility index (Phi) is 2.01. The van der Waals surface area contributed by atoms with Crippen molar-refractivity contribution in [3.8, 4) is 11.1 Å². The van der Waals surface area contributed by atoms with Gasteiger partial charge >= 0.3 is 0 Å². The number of ketones is 1. The topological polar surface area (TPSA) is 17.1 Å². The van der Waals surface area contributed by atoms with Crippen molar-refractivity contribution in [2.45, 2.75) is 6.92 Å². The fourth-order valence-corrected chi connectivity index (χ4v) is 2.74. The first-order valence-corrected chi connectivity index (χ1v) is 5.92. The molecule has 0 fully saturated rings. The number of halogens is 1. The molecule has 0 heterocycles. The molecule has 0 bridgehead atoms. The first-order chi connectivity index (χ1) is 7.68. The van der Waals surface area contributed by atoms with Crippen LogP contribution in [-0.4, -0.2) is 5.78 Å². The molecule has 2 aromatic rings. The van der Waals surface area contributed by atoms with E-state index in [4.69, 9.17) is 0 Å². The van der Waals surface area contributed by atoms with Crippen LogP contribution in [0, 0.1) is 6.92 Å². The van der Waals surface area contributed by atoms with Gasteiger partial charge in [0, 0.05) is 15.6 Å². The highest BCUT2D eigenvalue weighted by Crippen LogP contribution is 2.40. The van der Waals surface area contributed by atoms with Gasteiger partial charge in [0.05, 0.1) is 0 Å². The van der Waals surface area contributed by atoms with Crippen molar-refractivity contribution in [3.05, 3.63) is 57.6 Å². The van der Waals surface area contributed by atoms with Crippen LogP contribution in [0.5, 0.6) is 0 Å². The Hall–Kier alpha value is -1.41. The zero-order chi connectivity index (χ0) is 11.3. The molecule has 0 radical (unpaired) electrons. The fourth-order valence-electron chi connectivity index (χ4n) is 2.19. The average molecular weight is 273 g/mol. The second-order valence-electron chi connectivity index (χ2n) is 4.04. The van der Waals surface area contributed by atoms with E-state index in [0.717, 1.165) is 32.3 Å². The van der Waals surface area contributed by atoms with Gasteiger partial charge in [-0.3, -0.25) is 4.79 Å². The van der Waals surface area contributed by atoms with Gasteiger partial charge in [0.15, 0.2) is 5.78 Å². The lowest BCUT2D eigenvalue weighted by molar-refractivity contribution is 0.104. The number of fused-ring (bicyclic) bond motifs is 3. The van der Waals surface area contributed by atoms with Gasteiger partial charge in [-0.1, -0.05) is 45.8 Å². The number of carbonyl (C=O) groups excluding carboxylic acids is 1. The molecule has 2 heteroatoms. The number of carbonyl (C=O) groups is 1. The summed E-state index contributed by atoms with van der Waals surface area (Å²) in [6, 6.07) is 11.9. The summed E-state index contributed by atoms with van der Waals surface area (Å²) in [4.78, 5) is 12.2. The van der Waals surface area contributed by atoms with Crippen LogP contribution in [0.4, 0.5) is 0 Å². The lowest BCUT2D eigenvalue weighted by Crippen LogP contribution is -1.96. The van der Waals surface area contributed by atoms with E-state index in [1.807, 2.05) is 43.3 Å². The van der Waals surface area contributed by atoms with E-state index < -0.39 is 0 Å². The van der Waals surface area contributed by atoms with Crippen LogP contribution in [0.25, 0.3) is 11.1 Å². The molecule has 0 atom stereocenters. The van der Waals surface area contributed by atoms with Crippen LogP contribution in [0.15, 0.2) is 40.9 Å². The minimum absolute atomic E-state index is 0.126. The lowest BCUT2D eigenvalue weighted by atomic mass is 10.0. The first kappa shape index (κ1) is 9.79. The Labute approximate surface area is 102 Å². The van der Waals surface area contributed by atoms with Crippen LogP contribution >= 0.6 is 15.9 Å². The summed E-state index contributed by atoms with van der Waals surface area (Å²) < 4.78 is 0.879. The van der Waals surface area contributed by atoms with E-state index in [2.05, 4.69) is 15.9 Å². The second-order valence-corrected chi connectivity index (χ2v) is 4.89. The highest BCUT2D eigenvalue weighted by Gasteiger charge is 2.28. The van der Waals surface area contributed by atoms with Crippen molar-refractivity contribution >= 4 is 21.7 Å². The molecule has 2 aromatic carbocycles. The number of hydrogen-bond acceptors (Lipinski definition) is 1. The lowest BCUT2D eigenvalue weighted by Gasteiger charge is -2.00. The van der Waals surface area contributed by atoms with Gasteiger partial charge in [-0.2, -0.15) is 0 Å². The predicted octanol–water partition coefficient (Wildman–Crippen LogP) is 3.97. The van der Waals surface area contributed by atoms with Crippen molar-refractivity contribution in [2.75, 3.05) is 0 Å². The van der Waals surface area contributed by atoms with E-state index in [9.17, 15) is 4.79 Å². The van der Waals surface area contributed by atoms with Crippen molar-refractivity contribution in [2.24, 2.45) is 0 Å². The van der Waals surface area contributed by atoms with Gasteiger partial charge in [-0.15, -0.1) is 0 Å². The molecule has 1 nitrogen and oxygen atoms in total. The van der Waals surface area contributed by atoms with Crippen molar-refractivity contribution < 1.29 is 4.79 Å². The SMILES string of the molecule is Cc1ccc2c(c1)C(=O)c1c(Br)cccc1-2. The third-order valence-corrected chi connectivity index (χ3v) is 3.61. The maximum Gasteiger partial charge on any atom is 0.195 e. The number of benzene rings is 2. The minimum atomic E-state index is 0.126. The van der Waals surface area contributed by atoms with Crippen LogP contribution in [0.3, 0.4) is 0 Å². The fraction of sp³-hybridized carbons (Fsp3) is 0.0714. The molecule has 0 amide bonds. The third kappa shape index (κ3) is 1.20. The van der Waals surface area contributed by atoms with E-state index in [1.54, 1.807) is 0 Å². The molecular weight excluding hydrogens is 264 g/mol. The van der Waals surface area contributed by atoms with Crippen molar-refractivity contribution in [3.63, 3.8) is 0 Å². The zero-order valence-corrected chi connectivity index (χ0v) is 10.3. The first-order valence-electron chi connectivity index (χ1n) is 5.13. The maximum absolute atomic E-state index is 12.2. The van der Waals surface area contributed by atoms with E-state index >= 15 is 0 Å². The van der Waals surface area contributed by atoms with Crippen LogP contribution in [0.2, 0.25) is 0 Å². The van der Waals surface area contributed by atoms with Gasteiger partial charge in [-0.05, 0) is 30.2 Å². The zero-order valence-electron chi connectivity index (χ0n) is 8.75. The van der Waals surface area contributed by atoms with E-state index in [0.29, 0.717) is 0 Å². The standard InChI is InChI=1S/C14H9BrO/c1-8-5-6-9-10-3-2-4-12(15)13(10)14(16)11(9)7-8/h2-7H,1H3. The Morgan fingerprint density at radius 3 is 2.62 bits per heavy atom. The van der Waals surface area contributed by atoms with Crippen molar-refractivity contribution in [1.82, 2.24) is 0 Å². The molecule has 0 spiro atoms. The maximum atomic E-state index is 12.2. The summed E-state index contributed by atoms with van der Waals surface area (Å²) in [5.74, 6) is 0.126. The monoisotopic (exact) mass is 272 g/mol. The molecule has 0 N–H and O–H groups in total. The van der Waals surface area contributed by atoms with Gasteiger partial charge in [0.25, 0.3) is 0 Å². The van der Waals surface area contributed by atoms with Crippen LogP contribution < -0.4 is 0 Å². The largest absolute Gasteiger partial charge is 0.289 e. The Bertz CT molecular complexity index is 614. The Morgan fingerprint density at radius 2 is 1.81 bits per heavy atom. The van der Waals surface area contributed by atoms with Gasteiger partial charge < -0.3 is 0 Å². The number of aryl methyl sites for hydroxylation is 1. The molecule has 16 heavy (non-hydrogen) atoms. The predicted molar refractivity (Wildman–Crippen MR) is 67.7 cm³/mol. The van der Waals surface area contributed by atoms with E-state index in [-0.39, 0.29) is 5.78 Å². The molecule has 78 valence electrons. The van der Waals surface area contributed by atoms with Crippen molar-refractivity contribution in [1.29, 1.82) is 0 Å². The smallest absolute Gasteiger partial charge is 0.195 e. The van der Waals surface area contributed by atoms with Crippen LogP contribution in [-0.2, 0) is 0 Å². The summed E-state index contributed by atoms with van der Waals surface area (Å²) in [7, 11) is 0. The molecule has 1 aliphatic rings. The normalized spacial score (nSPS) is 12.5. The number of hydrogen-bond donors (Lipinski definition) is 0. The summed E-state index contributed by atoms with van der Waals surface area (Å²) in [6.07, 6.45) is 0. The summed E-state index contributed by atoms with van der Waals surface area (Å²) in [5.41, 5.74) is 4.82. The molecule has 0 saturated heterocycles. The summed E-state index contributed by atoms with van der Waals surface area (Å²) >= 11 is 3.44. The van der Waals surface area contributed by atoms with Crippen LogP contribution in [0.1, 0.15) is 21.5 Å². The van der Waals surface area contributed by atoms with Gasteiger partial charge in [-0.25, -0.2) is 0 Å². The summed E-state index contributed by atoms with van der Waals surface area (Å²) in [6.45, 7) is 2.01. The molecule has 0 aliphatic heterocycles. The minimum Gasteiger partial charge on any atom is -0.289 e. The Balaban J connectivity index is 2.39. The quantitative estimate of drug-likeness (QED) is 0.605. The molecule has 3 rings (SSSR count). The Morgan fingerprint density at radius 1 is 1.00 bits per heavy atom. The van der Waals surface area contributed by atoms with E-state index in [1.165, 1.54) is 0 Å². The molecular formula is C14H9BrO. The highest BCUT2D eigenvalue weighted by atomic mass is 79.9. The second kappa shape index (κ2) is 3.29. The van der Waals surface area contributed by atoms with Gasteiger partial charge in [0.1, 0.15) is 0 Å². The molecule has 1 aliphatic carbocycles. The van der Waals surface area contributed by atoms with Gasteiger partial charge in [0.2, 0.25) is 0 Å². The average Bonchev–Trinajstić information content (AvgIpc) is 2.54. The molecule has 0 aromatic heterocycles.